The number of pyridine rings is 1. The number of aromatic amines is 1. The largest absolute Gasteiger partial charge is 0.365 e. The van der Waals surface area contributed by atoms with E-state index >= 15 is 0 Å². The van der Waals surface area contributed by atoms with E-state index in [2.05, 4.69) is 49.5 Å². The highest BCUT2D eigenvalue weighted by Crippen LogP contribution is 2.31. The molecule has 124 valence electrons. The molecule has 2 N–H and O–H groups in total. The van der Waals surface area contributed by atoms with Crippen LogP contribution < -0.4 is 5.32 Å². The summed E-state index contributed by atoms with van der Waals surface area (Å²) >= 11 is 6.09. The molecule has 1 aromatic carbocycles. The minimum Gasteiger partial charge on any atom is -0.365 e. The number of fused-ring (bicyclic) bond motifs is 4. The second-order valence-electron chi connectivity index (χ2n) is 6.42. The number of nitrogens with one attached hydrogen (secondary N) is 2. The van der Waals surface area contributed by atoms with Crippen molar-refractivity contribution in [2.45, 2.75) is 25.3 Å². The van der Waals surface area contributed by atoms with Crippen LogP contribution in [0.5, 0.6) is 0 Å². The van der Waals surface area contributed by atoms with Crippen LogP contribution >= 0.6 is 11.6 Å². The number of rotatable bonds is 2. The zero-order valence-electron chi connectivity index (χ0n) is 13.5. The van der Waals surface area contributed by atoms with Gasteiger partial charge in [-0.2, -0.15) is 4.98 Å². The summed E-state index contributed by atoms with van der Waals surface area (Å²) in [6.45, 7) is 0. The fraction of sp³-hybridized carbons (Fsp3) is 0.211. The molecule has 0 amide bonds. The third-order valence-electron chi connectivity index (χ3n) is 4.86. The van der Waals surface area contributed by atoms with Crippen LogP contribution in [0, 0.1) is 0 Å². The number of anilines is 1. The fourth-order valence-electron chi connectivity index (χ4n) is 3.73. The van der Waals surface area contributed by atoms with Crippen molar-refractivity contribution < 1.29 is 0 Å². The predicted molar refractivity (Wildman–Crippen MR) is 100 cm³/mol. The Morgan fingerprint density at radius 3 is 3.00 bits per heavy atom. The minimum atomic E-state index is 0.242. The second-order valence-corrected chi connectivity index (χ2v) is 6.76. The lowest BCUT2D eigenvalue weighted by molar-refractivity contribution is 0.606. The van der Waals surface area contributed by atoms with E-state index < -0.39 is 0 Å². The molecule has 25 heavy (non-hydrogen) atoms. The van der Waals surface area contributed by atoms with Crippen LogP contribution in [0.2, 0.25) is 5.28 Å². The quantitative estimate of drug-likeness (QED) is 0.534. The topological polar surface area (TPSA) is 66.5 Å². The van der Waals surface area contributed by atoms with Crippen LogP contribution in [-0.4, -0.2) is 26.0 Å². The second kappa shape index (κ2) is 5.70. The number of aryl methyl sites for hydroxylation is 1. The van der Waals surface area contributed by atoms with Crippen molar-refractivity contribution in [3.63, 3.8) is 0 Å². The molecule has 6 heteroatoms. The van der Waals surface area contributed by atoms with E-state index in [1.807, 2.05) is 12.1 Å². The summed E-state index contributed by atoms with van der Waals surface area (Å²) in [5.41, 5.74) is 5.48. The van der Waals surface area contributed by atoms with Gasteiger partial charge in [0.05, 0.1) is 5.52 Å². The van der Waals surface area contributed by atoms with Gasteiger partial charge in [0.2, 0.25) is 5.28 Å². The van der Waals surface area contributed by atoms with E-state index in [1.165, 1.54) is 22.2 Å². The Bertz CT molecular complexity index is 1090. The van der Waals surface area contributed by atoms with Gasteiger partial charge >= 0.3 is 0 Å². The number of nitrogens with zero attached hydrogens (tertiary/aromatic N) is 3. The molecule has 3 heterocycles. The minimum absolute atomic E-state index is 0.242. The average Bonchev–Trinajstić information content (AvgIpc) is 3.00. The van der Waals surface area contributed by atoms with Crippen LogP contribution in [0.1, 0.15) is 17.7 Å². The van der Waals surface area contributed by atoms with E-state index in [0.717, 1.165) is 30.3 Å². The van der Waals surface area contributed by atoms with Crippen LogP contribution in [0.4, 0.5) is 5.82 Å². The molecule has 0 fully saturated rings. The molecule has 0 radical (unpaired) electrons. The van der Waals surface area contributed by atoms with Gasteiger partial charge in [-0.25, -0.2) is 4.98 Å². The molecule has 1 aliphatic rings. The summed E-state index contributed by atoms with van der Waals surface area (Å²) in [6, 6.07) is 12.5. The summed E-state index contributed by atoms with van der Waals surface area (Å²) in [6.07, 6.45) is 4.76. The molecule has 1 atom stereocenters. The van der Waals surface area contributed by atoms with Crippen molar-refractivity contribution in [2.75, 3.05) is 5.32 Å². The zero-order valence-corrected chi connectivity index (χ0v) is 14.2. The molecule has 0 saturated carbocycles. The predicted octanol–water partition coefficient (Wildman–Crippen LogP) is 4.13. The van der Waals surface area contributed by atoms with Gasteiger partial charge < -0.3 is 10.3 Å². The summed E-state index contributed by atoms with van der Waals surface area (Å²) < 4.78 is 0. The number of H-pyrrole nitrogens is 1. The Hall–Kier alpha value is -2.66. The molecule has 5 rings (SSSR count). The monoisotopic (exact) mass is 349 g/mol. The van der Waals surface area contributed by atoms with Crippen molar-refractivity contribution in [2.24, 2.45) is 0 Å². The molecule has 0 saturated heterocycles. The Kier molecular flexibility index (Phi) is 3.35. The van der Waals surface area contributed by atoms with Crippen molar-refractivity contribution in [1.82, 2.24) is 19.9 Å². The van der Waals surface area contributed by atoms with Crippen LogP contribution in [0.15, 0.2) is 42.6 Å². The van der Waals surface area contributed by atoms with Gasteiger partial charge in [0.15, 0.2) is 5.82 Å². The average molecular weight is 350 g/mol. The third kappa shape index (κ3) is 2.51. The highest BCUT2D eigenvalue weighted by molar-refractivity contribution is 6.28. The van der Waals surface area contributed by atoms with E-state index in [9.17, 15) is 0 Å². The smallest absolute Gasteiger partial charge is 0.225 e. The van der Waals surface area contributed by atoms with Gasteiger partial charge in [0.25, 0.3) is 0 Å². The molecule has 0 bridgehead atoms. The van der Waals surface area contributed by atoms with Gasteiger partial charge in [0.1, 0.15) is 5.52 Å². The van der Waals surface area contributed by atoms with Crippen molar-refractivity contribution >= 4 is 39.4 Å². The van der Waals surface area contributed by atoms with Crippen molar-refractivity contribution in [1.29, 1.82) is 0 Å². The standard InChI is InChI=1S/C19H16ClN5/c20-19-24-16-6-3-9-21-17(16)18(25-19)22-11-7-8-15-13(10-11)12-4-1-2-5-14(12)23-15/h1-6,9,11,23H,7-8,10H2,(H,22,24,25). The van der Waals surface area contributed by atoms with Crippen LogP contribution in [0.3, 0.4) is 0 Å². The molecular formula is C19H16ClN5. The highest BCUT2D eigenvalue weighted by Gasteiger charge is 2.23. The van der Waals surface area contributed by atoms with Gasteiger partial charge in [-0.15, -0.1) is 0 Å². The third-order valence-corrected chi connectivity index (χ3v) is 5.03. The molecule has 1 unspecified atom stereocenters. The van der Waals surface area contributed by atoms with Crippen molar-refractivity contribution in [3.8, 4) is 0 Å². The number of hydrogen-bond acceptors (Lipinski definition) is 4. The first-order valence-corrected chi connectivity index (χ1v) is 8.79. The highest BCUT2D eigenvalue weighted by atomic mass is 35.5. The molecule has 1 aliphatic carbocycles. The first kappa shape index (κ1) is 14.7. The maximum absolute atomic E-state index is 6.09. The van der Waals surface area contributed by atoms with E-state index in [-0.39, 0.29) is 5.28 Å². The van der Waals surface area contributed by atoms with Crippen molar-refractivity contribution in [3.05, 3.63) is 59.1 Å². The first-order valence-electron chi connectivity index (χ1n) is 8.41. The Morgan fingerprint density at radius 2 is 2.04 bits per heavy atom. The number of benzene rings is 1. The summed E-state index contributed by atoms with van der Waals surface area (Å²) in [4.78, 5) is 16.6. The summed E-state index contributed by atoms with van der Waals surface area (Å²) in [5.74, 6) is 0.712. The van der Waals surface area contributed by atoms with Gasteiger partial charge in [0, 0.05) is 28.8 Å². The molecule has 3 aromatic heterocycles. The molecule has 0 aliphatic heterocycles. The Balaban J connectivity index is 1.50. The number of hydrogen-bond donors (Lipinski definition) is 2. The molecule has 0 spiro atoms. The molecular weight excluding hydrogens is 334 g/mol. The Labute approximate surface area is 149 Å². The lowest BCUT2D eigenvalue weighted by Crippen LogP contribution is -2.27. The fourth-order valence-corrected chi connectivity index (χ4v) is 3.90. The van der Waals surface area contributed by atoms with Gasteiger partial charge in [-0.1, -0.05) is 18.2 Å². The van der Waals surface area contributed by atoms with Crippen LogP contribution in [0.25, 0.3) is 21.9 Å². The van der Waals surface area contributed by atoms with Gasteiger partial charge in [-0.3, -0.25) is 4.98 Å². The number of para-hydroxylation sites is 1. The van der Waals surface area contributed by atoms with E-state index in [1.54, 1.807) is 6.20 Å². The molecule has 4 aromatic rings. The normalized spacial score (nSPS) is 16.9. The van der Waals surface area contributed by atoms with Crippen LogP contribution in [-0.2, 0) is 12.8 Å². The lowest BCUT2D eigenvalue weighted by atomic mass is 9.91. The maximum atomic E-state index is 6.09. The first-order chi connectivity index (χ1) is 12.3. The Morgan fingerprint density at radius 1 is 1.12 bits per heavy atom. The van der Waals surface area contributed by atoms with Gasteiger partial charge in [-0.05, 0) is 54.6 Å². The van der Waals surface area contributed by atoms with E-state index in [0.29, 0.717) is 11.9 Å². The maximum Gasteiger partial charge on any atom is 0.225 e. The summed E-state index contributed by atoms with van der Waals surface area (Å²) in [5, 5.41) is 5.10. The molecule has 5 nitrogen and oxygen atoms in total. The SMILES string of the molecule is Clc1nc(NC2CCc3[nH]c4ccccc4c3C2)c2ncccc2n1. The van der Waals surface area contributed by atoms with E-state index in [4.69, 9.17) is 11.6 Å². The number of halogens is 1. The zero-order chi connectivity index (χ0) is 16.8. The number of aromatic nitrogens is 4. The lowest BCUT2D eigenvalue weighted by Gasteiger charge is -2.24. The summed E-state index contributed by atoms with van der Waals surface area (Å²) in [7, 11) is 0.